The van der Waals surface area contributed by atoms with Gasteiger partial charge in [0.2, 0.25) is 11.8 Å². The Labute approximate surface area is 155 Å². The molecule has 1 aromatic carbocycles. The lowest BCUT2D eigenvalue weighted by Crippen LogP contribution is -2.47. The Morgan fingerprint density at radius 1 is 1.15 bits per heavy atom. The lowest BCUT2D eigenvalue weighted by molar-refractivity contribution is -0.132. The number of benzene rings is 1. The maximum absolute atomic E-state index is 12.4. The van der Waals surface area contributed by atoms with E-state index in [4.69, 9.17) is 9.47 Å². The third-order valence-corrected chi connectivity index (χ3v) is 4.63. The number of carbonyl (C=O) groups is 2. The van der Waals surface area contributed by atoms with Gasteiger partial charge in [-0.2, -0.15) is 0 Å². The van der Waals surface area contributed by atoms with E-state index in [-0.39, 0.29) is 24.5 Å². The summed E-state index contributed by atoms with van der Waals surface area (Å²) in [6, 6.07) is 8.44. The molecule has 0 bridgehead atoms. The number of nitrogens with one attached hydrogen (secondary N) is 1. The molecule has 1 aliphatic rings. The summed E-state index contributed by atoms with van der Waals surface area (Å²) in [6.45, 7) is 4.40. The van der Waals surface area contributed by atoms with Gasteiger partial charge in [-0.25, -0.2) is 0 Å². The van der Waals surface area contributed by atoms with Crippen LogP contribution >= 0.6 is 0 Å². The Morgan fingerprint density at radius 3 is 2.50 bits per heavy atom. The first-order valence-electron chi connectivity index (χ1n) is 9.28. The third-order valence-electron chi connectivity index (χ3n) is 4.63. The molecule has 0 unspecified atom stereocenters. The van der Waals surface area contributed by atoms with Crippen LogP contribution < -0.4 is 5.32 Å². The molecular formula is C20H30N2O4. The van der Waals surface area contributed by atoms with Crippen molar-refractivity contribution >= 4 is 11.8 Å². The summed E-state index contributed by atoms with van der Waals surface area (Å²) in [5, 5.41) is 2.98. The Balaban J connectivity index is 1.63. The highest BCUT2D eigenvalue weighted by Gasteiger charge is 2.23. The Bertz CT molecular complexity index is 566. The van der Waals surface area contributed by atoms with Crippen LogP contribution in [0.15, 0.2) is 24.3 Å². The number of piperidine rings is 1. The maximum Gasteiger partial charge on any atom is 0.246 e. The summed E-state index contributed by atoms with van der Waals surface area (Å²) in [5.74, 6) is 0.0866. The number of hydrogen-bond acceptors (Lipinski definition) is 4. The molecule has 0 spiro atoms. The monoisotopic (exact) mass is 362 g/mol. The largest absolute Gasteiger partial charge is 0.382 e. The van der Waals surface area contributed by atoms with Gasteiger partial charge in [0.1, 0.15) is 6.61 Å². The molecule has 6 nitrogen and oxygen atoms in total. The highest BCUT2D eigenvalue weighted by molar-refractivity contribution is 5.78. The van der Waals surface area contributed by atoms with Gasteiger partial charge in [-0.05, 0) is 31.7 Å². The van der Waals surface area contributed by atoms with Crippen molar-refractivity contribution in [3.05, 3.63) is 35.4 Å². The zero-order valence-corrected chi connectivity index (χ0v) is 15.8. The Hall–Kier alpha value is -1.92. The van der Waals surface area contributed by atoms with Crippen LogP contribution in [0.2, 0.25) is 0 Å². The zero-order chi connectivity index (χ0) is 18.8. The fourth-order valence-corrected chi connectivity index (χ4v) is 3.01. The first-order chi connectivity index (χ1) is 12.6. The second kappa shape index (κ2) is 10.9. The van der Waals surface area contributed by atoms with Crippen molar-refractivity contribution < 1.29 is 19.1 Å². The number of nitrogens with zero attached hydrogens (tertiary/aromatic N) is 1. The summed E-state index contributed by atoms with van der Waals surface area (Å²) in [6.07, 6.45) is 2.89. The van der Waals surface area contributed by atoms with Gasteiger partial charge in [0.15, 0.2) is 0 Å². The quantitative estimate of drug-likeness (QED) is 0.679. The highest BCUT2D eigenvalue weighted by atomic mass is 16.5. The summed E-state index contributed by atoms with van der Waals surface area (Å²) in [7, 11) is 1.60. The van der Waals surface area contributed by atoms with Gasteiger partial charge in [0.25, 0.3) is 0 Å². The molecule has 144 valence electrons. The average Bonchev–Trinajstić information content (AvgIpc) is 2.65. The highest BCUT2D eigenvalue weighted by Crippen LogP contribution is 2.13. The summed E-state index contributed by atoms with van der Waals surface area (Å²) >= 11 is 0. The SMILES string of the molecule is COCCOCC(=O)NC1CCN(C(=O)CCc2ccc(C)cc2)CC1. The minimum Gasteiger partial charge on any atom is -0.382 e. The molecule has 26 heavy (non-hydrogen) atoms. The topological polar surface area (TPSA) is 67.9 Å². The van der Waals surface area contributed by atoms with E-state index < -0.39 is 0 Å². The van der Waals surface area contributed by atoms with E-state index in [1.54, 1.807) is 7.11 Å². The molecule has 2 rings (SSSR count). The summed E-state index contributed by atoms with van der Waals surface area (Å²) < 4.78 is 10.1. The molecule has 0 aliphatic carbocycles. The van der Waals surface area contributed by atoms with Gasteiger partial charge in [-0.3, -0.25) is 9.59 Å². The maximum atomic E-state index is 12.4. The van der Waals surface area contributed by atoms with Crippen molar-refractivity contribution in [3.8, 4) is 0 Å². The number of hydrogen-bond donors (Lipinski definition) is 1. The van der Waals surface area contributed by atoms with Crippen molar-refractivity contribution in [2.45, 2.75) is 38.6 Å². The first-order valence-corrected chi connectivity index (χ1v) is 9.28. The Morgan fingerprint density at radius 2 is 1.85 bits per heavy atom. The van der Waals surface area contributed by atoms with Crippen LogP contribution in [0.1, 0.15) is 30.4 Å². The molecule has 6 heteroatoms. The van der Waals surface area contributed by atoms with Crippen molar-refractivity contribution in [3.63, 3.8) is 0 Å². The molecule has 0 aromatic heterocycles. The fourth-order valence-electron chi connectivity index (χ4n) is 3.01. The van der Waals surface area contributed by atoms with Gasteiger partial charge >= 0.3 is 0 Å². The number of ether oxygens (including phenoxy) is 2. The number of methoxy groups -OCH3 is 1. The van der Waals surface area contributed by atoms with Crippen molar-refractivity contribution in [2.24, 2.45) is 0 Å². The van der Waals surface area contributed by atoms with Crippen LogP contribution in [0.5, 0.6) is 0 Å². The molecule has 1 fully saturated rings. The molecule has 0 saturated carbocycles. The standard InChI is InChI=1S/C20H30N2O4/c1-16-3-5-17(6-4-16)7-8-20(24)22-11-9-18(10-12-22)21-19(23)15-26-14-13-25-2/h3-6,18H,7-15H2,1-2H3,(H,21,23). The van der Waals surface area contributed by atoms with Gasteiger partial charge < -0.3 is 19.7 Å². The minimum absolute atomic E-state index is 0.0546. The molecule has 1 heterocycles. The van der Waals surface area contributed by atoms with Crippen molar-refractivity contribution in [2.75, 3.05) is 40.0 Å². The summed E-state index contributed by atoms with van der Waals surface area (Å²) in [5.41, 5.74) is 2.42. The van der Waals surface area contributed by atoms with E-state index in [0.717, 1.165) is 19.3 Å². The van der Waals surface area contributed by atoms with Gasteiger partial charge in [-0.15, -0.1) is 0 Å². The number of aryl methyl sites for hydroxylation is 2. The lowest BCUT2D eigenvalue weighted by Gasteiger charge is -2.32. The Kier molecular flexibility index (Phi) is 8.58. The molecule has 1 saturated heterocycles. The average molecular weight is 362 g/mol. The fraction of sp³-hybridized carbons (Fsp3) is 0.600. The second-order valence-corrected chi connectivity index (χ2v) is 6.75. The molecule has 2 amide bonds. The van der Waals surface area contributed by atoms with E-state index in [1.165, 1.54) is 11.1 Å². The number of likely N-dealkylation sites (tertiary alicyclic amines) is 1. The molecule has 0 atom stereocenters. The van der Waals surface area contributed by atoms with Gasteiger partial charge in [0.05, 0.1) is 13.2 Å². The van der Waals surface area contributed by atoms with Crippen LogP contribution in [0.3, 0.4) is 0 Å². The minimum atomic E-state index is -0.106. The van der Waals surface area contributed by atoms with Crippen LogP contribution in [0, 0.1) is 6.92 Å². The van der Waals surface area contributed by atoms with E-state index in [9.17, 15) is 9.59 Å². The predicted molar refractivity (Wildman–Crippen MR) is 99.9 cm³/mol. The predicted octanol–water partition coefficient (Wildman–Crippen LogP) is 1.70. The van der Waals surface area contributed by atoms with Crippen LogP contribution in [-0.2, 0) is 25.5 Å². The van der Waals surface area contributed by atoms with E-state index in [0.29, 0.717) is 32.7 Å². The molecule has 1 N–H and O–H groups in total. The van der Waals surface area contributed by atoms with E-state index >= 15 is 0 Å². The van der Waals surface area contributed by atoms with Crippen LogP contribution in [0.25, 0.3) is 0 Å². The number of amides is 2. The molecule has 1 aromatic rings. The first kappa shape index (κ1) is 20.4. The van der Waals surface area contributed by atoms with Crippen molar-refractivity contribution in [1.29, 1.82) is 0 Å². The second-order valence-electron chi connectivity index (χ2n) is 6.75. The molecular weight excluding hydrogens is 332 g/mol. The zero-order valence-electron chi connectivity index (χ0n) is 15.8. The smallest absolute Gasteiger partial charge is 0.246 e. The van der Waals surface area contributed by atoms with E-state index in [1.807, 2.05) is 4.90 Å². The van der Waals surface area contributed by atoms with E-state index in [2.05, 4.69) is 36.5 Å². The van der Waals surface area contributed by atoms with Crippen molar-refractivity contribution in [1.82, 2.24) is 10.2 Å². The normalized spacial score (nSPS) is 15.1. The van der Waals surface area contributed by atoms with Crippen LogP contribution in [0.4, 0.5) is 0 Å². The van der Waals surface area contributed by atoms with Gasteiger partial charge in [0, 0.05) is 32.7 Å². The number of rotatable bonds is 9. The third kappa shape index (κ3) is 7.14. The summed E-state index contributed by atoms with van der Waals surface area (Å²) in [4.78, 5) is 26.1. The van der Waals surface area contributed by atoms with Gasteiger partial charge in [-0.1, -0.05) is 29.8 Å². The lowest BCUT2D eigenvalue weighted by atomic mass is 10.0. The molecule has 1 aliphatic heterocycles. The number of carbonyl (C=O) groups excluding carboxylic acids is 2. The molecule has 0 radical (unpaired) electrons. The van der Waals surface area contributed by atoms with Crippen LogP contribution in [-0.4, -0.2) is 62.8 Å².